The van der Waals surface area contributed by atoms with Crippen LogP contribution in [0.5, 0.6) is 11.5 Å². The zero-order valence-electron chi connectivity index (χ0n) is 17.7. The number of piperazine rings is 1. The van der Waals surface area contributed by atoms with Gasteiger partial charge >= 0.3 is 0 Å². The van der Waals surface area contributed by atoms with E-state index in [0.29, 0.717) is 18.1 Å². The Balaban J connectivity index is 1.48. The van der Waals surface area contributed by atoms with Crippen molar-refractivity contribution in [3.05, 3.63) is 42.7 Å². The Bertz CT molecular complexity index is 985. The second-order valence-corrected chi connectivity index (χ2v) is 7.71. The molecule has 158 valence electrons. The normalized spacial score (nSPS) is 15.4. The summed E-state index contributed by atoms with van der Waals surface area (Å²) < 4.78 is 11.7. The van der Waals surface area contributed by atoms with Crippen LogP contribution < -0.4 is 15.2 Å². The molecule has 1 saturated heterocycles. The van der Waals surface area contributed by atoms with E-state index in [0.717, 1.165) is 67.0 Å². The summed E-state index contributed by atoms with van der Waals surface area (Å²) in [6.45, 7) is 6.21. The summed E-state index contributed by atoms with van der Waals surface area (Å²) in [5.74, 6) is 1.40. The number of anilines is 1. The van der Waals surface area contributed by atoms with Crippen LogP contribution in [0.25, 0.3) is 22.2 Å². The molecule has 3 aromatic rings. The van der Waals surface area contributed by atoms with E-state index in [9.17, 15) is 0 Å². The number of fused-ring (bicyclic) bond motifs is 1. The standard InChI is InChI=1S/C23H29N5O2/c1-27-9-11-28(12-10-27)8-3-13-30-22-15-20-19(14-21(22)29-2)23(26-16-25-20)17-4-6-18(24)7-5-17/h4-7,14-16H,3,8-13,24H2,1-2H3. The molecule has 0 aliphatic carbocycles. The second-order valence-electron chi connectivity index (χ2n) is 7.71. The molecule has 1 aliphatic heterocycles. The second kappa shape index (κ2) is 9.28. The highest BCUT2D eigenvalue weighted by molar-refractivity contribution is 5.94. The number of nitrogens with zero attached hydrogens (tertiary/aromatic N) is 4. The molecule has 2 heterocycles. The number of hydrogen-bond donors (Lipinski definition) is 1. The summed E-state index contributed by atoms with van der Waals surface area (Å²) >= 11 is 0. The van der Waals surface area contributed by atoms with Crippen LogP contribution in [-0.4, -0.2) is 73.3 Å². The van der Waals surface area contributed by atoms with Crippen molar-refractivity contribution in [3.8, 4) is 22.8 Å². The maximum absolute atomic E-state index is 6.07. The van der Waals surface area contributed by atoms with Crippen molar-refractivity contribution in [2.75, 3.05) is 59.2 Å². The average molecular weight is 408 g/mol. The average Bonchev–Trinajstić information content (AvgIpc) is 2.77. The van der Waals surface area contributed by atoms with E-state index in [4.69, 9.17) is 15.2 Å². The van der Waals surface area contributed by atoms with Gasteiger partial charge in [0.25, 0.3) is 0 Å². The number of rotatable bonds is 7. The van der Waals surface area contributed by atoms with Crippen molar-refractivity contribution >= 4 is 16.6 Å². The van der Waals surface area contributed by atoms with Gasteiger partial charge in [-0.15, -0.1) is 0 Å². The number of methoxy groups -OCH3 is 1. The number of likely N-dealkylation sites (N-methyl/N-ethyl adjacent to an activating group) is 1. The van der Waals surface area contributed by atoms with Gasteiger partial charge in [-0.05, 0) is 31.7 Å². The van der Waals surface area contributed by atoms with Gasteiger partial charge < -0.3 is 25.0 Å². The Kier molecular flexibility index (Phi) is 6.30. The van der Waals surface area contributed by atoms with Gasteiger partial charge in [0, 0.05) is 55.4 Å². The van der Waals surface area contributed by atoms with Crippen LogP contribution in [0.3, 0.4) is 0 Å². The van der Waals surface area contributed by atoms with E-state index in [1.54, 1.807) is 13.4 Å². The monoisotopic (exact) mass is 407 g/mol. The van der Waals surface area contributed by atoms with Gasteiger partial charge in [-0.3, -0.25) is 0 Å². The lowest BCUT2D eigenvalue weighted by molar-refractivity contribution is 0.145. The number of nitrogen functional groups attached to an aromatic ring is 1. The lowest BCUT2D eigenvalue weighted by Crippen LogP contribution is -2.44. The summed E-state index contributed by atoms with van der Waals surface area (Å²) in [5, 5.41) is 0.920. The fraction of sp³-hybridized carbons (Fsp3) is 0.391. The molecule has 0 saturated carbocycles. The van der Waals surface area contributed by atoms with Crippen molar-refractivity contribution in [1.82, 2.24) is 19.8 Å². The first-order valence-corrected chi connectivity index (χ1v) is 10.4. The predicted octanol–water partition coefficient (Wildman–Crippen LogP) is 2.90. The van der Waals surface area contributed by atoms with Crippen LogP contribution in [0.15, 0.2) is 42.7 Å². The maximum Gasteiger partial charge on any atom is 0.163 e. The Morgan fingerprint density at radius 2 is 1.77 bits per heavy atom. The molecule has 0 spiro atoms. The van der Waals surface area contributed by atoms with Crippen LogP contribution in [-0.2, 0) is 0 Å². The molecule has 7 heteroatoms. The maximum atomic E-state index is 6.07. The summed E-state index contributed by atoms with van der Waals surface area (Å²) in [4.78, 5) is 13.8. The van der Waals surface area contributed by atoms with Crippen LogP contribution in [0.4, 0.5) is 5.69 Å². The van der Waals surface area contributed by atoms with Gasteiger partial charge in [-0.1, -0.05) is 12.1 Å². The van der Waals surface area contributed by atoms with Crippen LogP contribution in [0.2, 0.25) is 0 Å². The van der Waals surface area contributed by atoms with Gasteiger partial charge in [0.05, 0.1) is 24.9 Å². The molecule has 0 unspecified atom stereocenters. The first kappa shape index (κ1) is 20.4. The molecule has 1 fully saturated rings. The minimum absolute atomic E-state index is 0.643. The van der Waals surface area contributed by atoms with Gasteiger partial charge in [0.15, 0.2) is 11.5 Å². The molecule has 0 amide bonds. The van der Waals surface area contributed by atoms with Gasteiger partial charge in [-0.2, -0.15) is 0 Å². The molecule has 0 bridgehead atoms. The fourth-order valence-electron chi connectivity index (χ4n) is 3.75. The number of ether oxygens (including phenoxy) is 2. The van der Waals surface area contributed by atoms with E-state index >= 15 is 0 Å². The van der Waals surface area contributed by atoms with E-state index < -0.39 is 0 Å². The third-order valence-corrected chi connectivity index (χ3v) is 5.58. The Labute approximate surface area is 177 Å². The van der Waals surface area contributed by atoms with Gasteiger partial charge in [0.1, 0.15) is 6.33 Å². The number of aromatic nitrogens is 2. The van der Waals surface area contributed by atoms with E-state index in [1.807, 2.05) is 36.4 Å². The molecule has 0 radical (unpaired) electrons. The van der Waals surface area contributed by atoms with Crippen LogP contribution in [0.1, 0.15) is 6.42 Å². The van der Waals surface area contributed by atoms with Crippen molar-refractivity contribution in [3.63, 3.8) is 0 Å². The quantitative estimate of drug-likeness (QED) is 0.477. The molecule has 0 atom stereocenters. The van der Waals surface area contributed by atoms with Crippen molar-refractivity contribution < 1.29 is 9.47 Å². The van der Waals surface area contributed by atoms with E-state index in [2.05, 4.69) is 26.8 Å². The Hall–Kier alpha value is -2.90. The molecule has 1 aliphatic rings. The molecular weight excluding hydrogens is 378 g/mol. The number of benzene rings is 2. The molecule has 2 aromatic carbocycles. The third-order valence-electron chi connectivity index (χ3n) is 5.58. The highest BCUT2D eigenvalue weighted by atomic mass is 16.5. The summed E-state index contributed by atoms with van der Waals surface area (Å²) in [7, 11) is 3.83. The van der Waals surface area contributed by atoms with Crippen LogP contribution in [0, 0.1) is 0 Å². The predicted molar refractivity (Wildman–Crippen MR) is 120 cm³/mol. The lowest BCUT2D eigenvalue weighted by Gasteiger charge is -2.32. The number of hydrogen-bond acceptors (Lipinski definition) is 7. The largest absolute Gasteiger partial charge is 0.493 e. The summed E-state index contributed by atoms with van der Waals surface area (Å²) in [6, 6.07) is 11.6. The molecule has 7 nitrogen and oxygen atoms in total. The number of nitrogens with two attached hydrogens (primary N) is 1. The summed E-state index contributed by atoms with van der Waals surface area (Å²) in [6.07, 6.45) is 2.56. The summed E-state index contributed by atoms with van der Waals surface area (Å²) in [5.41, 5.74) is 9.20. The SMILES string of the molecule is COc1cc2c(-c3ccc(N)cc3)ncnc2cc1OCCCN1CCN(C)CC1. The Morgan fingerprint density at radius 3 is 2.50 bits per heavy atom. The third kappa shape index (κ3) is 4.63. The lowest BCUT2D eigenvalue weighted by atomic mass is 10.1. The zero-order valence-corrected chi connectivity index (χ0v) is 17.7. The zero-order chi connectivity index (χ0) is 20.9. The van der Waals surface area contributed by atoms with Gasteiger partial charge in [0.2, 0.25) is 0 Å². The topological polar surface area (TPSA) is 76.7 Å². The molecular formula is C23H29N5O2. The molecule has 30 heavy (non-hydrogen) atoms. The van der Waals surface area contributed by atoms with E-state index in [1.165, 1.54) is 0 Å². The Morgan fingerprint density at radius 1 is 1.00 bits per heavy atom. The minimum Gasteiger partial charge on any atom is -0.493 e. The van der Waals surface area contributed by atoms with Crippen LogP contribution >= 0.6 is 0 Å². The highest BCUT2D eigenvalue weighted by Crippen LogP contribution is 2.35. The van der Waals surface area contributed by atoms with Gasteiger partial charge in [-0.25, -0.2) is 9.97 Å². The van der Waals surface area contributed by atoms with E-state index in [-0.39, 0.29) is 0 Å². The molecule has 1 aromatic heterocycles. The fourth-order valence-corrected chi connectivity index (χ4v) is 3.75. The van der Waals surface area contributed by atoms with Crippen molar-refractivity contribution in [2.45, 2.75) is 6.42 Å². The first-order valence-electron chi connectivity index (χ1n) is 10.4. The van der Waals surface area contributed by atoms with Crippen molar-refractivity contribution in [2.24, 2.45) is 0 Å². The molecule has 4 rings (SSSR count). The highest BCUT2D eigenvalue weighted by Gasteiger charge is 2.15. The van der Waals surface area contributed by atoms with Crippen molar-refractivity contribution in [1.29, 1.82) is 0 Å². The molecule has 2 N–H and O–H groups in total. The minimum atomic E-state index is 0.643. The smallest absolute Gasteiger partial charge is 0.163 e. The first-order chi connectivity index (χ1) is 14.6.